The Kier molecular flexibility index (Phi) is 3.39. The number of nitrogens with one attached hydrogen (secondary N) is 2. The van der Waals surface area contributed by atoms with E-state index in [2.05, 4.69) is 57.1 Å². The highest BCUT2D eigenvalue weighted by Gasteiger charge is 2.55. The number of carbonyl (C=O) groups is 1. The van der Waals surface area contributed by atoms with E-state index in [4.69, 9.17) is 0 Å². The van der Waals surface area contributed by atoms with Crippen LogP contribution in [-0.2, 0) is 16.8 Å². The van der Waals surface area contributed by atoms with Gasteiger partial charge in [-0.25, -0.2) is 0 Å². The molecule has 0 radical (unpaired) electrons. The molecule has 4 nitrogen and oxygen atoms in total. The summed E-state index contributed by atoms with van der Waals surface area (Å²) in [5.41, 5.74) is 4.35. The molecule has 2 aromatic carbocycles. The van der Waals surface area contributed by atoms with E-state index in [0.29, 0.717) is 6.54 Å². The predicted molar refractivity (Wildman–Crippen MR) is 107 cm³/mol. The molecule has 5 heteroatoms. The van der Waals surface area contributed by atoms with E-state index in [-0.39, 0.29) is 5.91 Å². The van der Waals surface area contributed by atoms with Crippen LogP contribution in [0.15, 0.2) is 59.6 Å². The first-order chi connectivity index (χ1) is 12.7. The third-order valence-corrected chi connectivity index (χ3v) is 5.98. The lowest BCUT2D eigenvalue weighted by Gasteiger charge is -2.34. The molecule has 1 aromatic heterocycles. The molecule has 0 bridgehead atoms. The maximum atomic E-state index is 13.7. The van der Waals surface area contributed by atoms with Gasteiger partial charge in [-0.15, -0.1) is 6.58 Å². The van der Waals surface area contributed by atoms with Crippen LogP contribution in [0.1, 0.15) is 16.8 Å². The molecule has 5 rings (SSSR count). The standard InChI is InChI=1S/C21H18BrN3O/c1-2-11-25-18-8-7-13(22)12-16(18)21(20(25)26)19-15(9-10-23-21)14-5-3-4-6-17(14)24-19/h2-8,12,23-24H,1,9-11H2. The first kappa shape index (κ1) is 15.9. The number of carbonyl (C=O) groups excluding carboxylic acids is 1. The lowest BCUT2D eigenvalue weighted by atomic mass is 9.82. The van der Waals surface area contributed by atoms with Crippen molar-refractivity contribution in [1.82, 2.24) is 10.3 Å². The number of benzene rings is 2. The summed E-state index contributed by atoms with van der Waals surface area (Å²) >= 11 is 3.58. The van der Waals surface area contributed by atoms with Crippen molar-refractivity contribution in [3.8, 4) is 0 Å². The number of fused-ring (bicyclic) bond motifs is 6. The Balaban J connectivity index is 1.84. The van der Waals surface area contributed by atoms with Crippen LogP contribution in [0.4, 0.5) is 5.69 Å². The van der Waals surface area contributed by atoms with E-state index in [0.717, 1.165) is 39.9 Å². The van der Waals surface area contributed by atoms with Gasteiger partial charge in [-0.1, -0.05) is 40.2 Å². The number of H-pyrrole nitrogens is 1. The number of anilines is 1. The number of amides is 1. The van der Waals surface area contributed by atoms with Crippen LogP contribution in [0, 0.1) is 0 Å². The fourth-order valence-corrected chi connectivity index (χ4v) is 4.80. The van der Waals surface area contributed by atoms with Crippen LogP contribution in [-0.4, -0.2) is 24.0 Å². The molecular formula is C21H18BrN3O. The van der Waals surface area contributed by atoms with Crippen molar-refractivity contribution in [3.05, 3.63) is 76.4 Å². The molecule has 0 saturated heterocycles. The molecule has 2 aliphatic rings. The maximum Gasteiger partial charge on any atom is 0.258 e. The summed E-state index contributed by atoms with van der Waals surface area (Å²) < 4.78 is 0.967. The Morgan fingerprint density at radius 1 is 1.27 bits per heavy atom. The van der Waals surface area contributed by atoms with Crippen LogP contribution < -0.4 is 10.2 Å². The van der Waals surface area contributed by atoms with Gasteiger partial charge < -0.3 is 9.88 Å². The summed E-state index contributed by atoms with van der Waals surface area (Å²) in [6.07, 6.45) is 2.68. The van der Waals surface area contributed by atoms with Crippen LogP contribution in [0.25, 0.3) is 10.9 Å². The topological polar surface area (TPSA) is 48.1 Å². The fraction of sp³-hybridized carbons (Fsp3) is 0.190. The zero-order valence-corrected chi connectivity index (χ0v) is 15.8. The van der Waals surface area contributed by atoms with Crippen LogP contribution in [0.5, 0.6) is 0 Å². The van der Waals surface area contributed by atoms with Gasteiger partial charge >= 0.3 is 0 Å². The molecule has 3 aromatic rings. The second kappa shape index (κ2) is 5.56. The minimum Gasteiger partial charge on any atom is -0.356 e. The SMILES string of the molecule is C=CCN1C(=O)C2(NCCc3c2[nH]c2ccccc32)c2cc(Br)ccc21. The number of rotatable bonds is 2. The Bertz CT molecular complexity index is 1070. The van der Waals surface area contributed by atoms with Gasteiger partial charge in [0.2, 0.25) is 0 Å². The largest absolute Gasteiger partial charge is 0.356 e. The molecule has 0 aliphatic carbocycles. The average Bonchev–Trinajstić information content (AvgIpc) is 3.14. The zero-order valence-electron chi connectivity index (χ0n) is 14.2. The van der Waals surface area contributed by atoms with Gasteiger partial charge in [0.25, 0.3) is 5.91 Å². The molecule has 1 amide bonds. The normalized spacial score (nSPS) is 21.3. The third kappa shape index (κ3) is 1.90. The molecule has 3 heterocycles. The summed E-state index contributed by atoms with van der Waals surface area (Å²) in [4.78, 5) is 19.0. The van der Waals surface area contributed by atoms with E-state index in [1.165, 1.54) is 10.9 Å². The smallest absolute Gasteiger partial charge is 0.258 e. The lowest BCUT2D eigenvalue weighted by molar-refractivity contribution is -0.123. The highest BCUT2D eigenvalue weighted by Crippen LogP contribution is 2.48. The van der Waals surface area contributed by atoms with Gasteiger partial charge in [-0.3, -0.25) is 10.1 Å². The minimum absolute atomic E-state index is 0.0537. The number of para-hydroxylation sites is 1. The second-order valence-corrected chi connectivity index (χ2v) is 7.73. The van der Waals surface area contributed by atoms with Crippen molar-refractivity contribution in [1.29, 1.82) is 0 Å². The lowest BCUT2D eigenvalue weighted by Crippen LogP contribution is -2.55. The Labute approximate surface area is 160 Å². The van der Waals surface area contributed by atoms with Crippen molar-refractivity contribution in [2.45, 2.75) is 12.0 Å². The minimum atomic E-state index is -0.866. The quantitative estimate of drug-likeness (QED) is 0.633. The first-order valence-electron chi connectivity index (χ1n) is 8.75. The third-order valence-electron chi connectivity index (χ3n) is 5.48. The molecule has 2 aliphatic heterocycles. The highest BCUT2D eigenvalue weighted by molar-refractivity contribution is 9.10. The van der Waals surface area contributed by atoms with Crippen LogP contribution in [0.2, 0.25) is 0 Å². The molecule has 0 fully saturated rings. The van der Waals surface area contributed by atoms with Crippen molar-refractivity contribution in [2.24, 2.45) is 0 Å². The predicted octanol–water partition coefficient (Wildman–Crippen LogP) is 3.85. The molecule has 0 saturated carbocycles. The van der Waals surface area contributed by atoms with Gasteiger partial charge in [0.15, 0.2) is 5.54 Å². The second-order valence-electron chi connectivity index (χ2n) is 6.82. The number of nitrogens with zero attached hydrogens (tertiary/aromatic N) is 1. The monoisotopic (exact) mass is 407 g/mol. The average molecular weight is 408 g/mol. The summed E-state index contributed by atoms with van der Waals surface area (Å²) in [6, 6.07) is 14.3. The van der Waals surface area contributed by atoms with Gasteiger partial charge in [-0.05, 0) is 36.2 Å². The maximum absolute atomic E-state index is 13.7. The molecular weight excluding hydrogens is 390 g/mol. The molecule has 1 unspecified atom stereocenters. The van der Waals surface area contributed by atoms with Crippen LogP contribution in [0.3, 0.4) is 0 Å². The summed E-state index contributed by atoms with van der Waals surface area (Å²) in [6.45, 7) is 5.08. The van der Waals surface area contributed by atoms with Gasteiger partial charge in [0.05, 0.1) is 11.4 Å². The number of hydrogen-bond donors (Lipinski definition) is 2. The molecule has 130 valence electrons. The van der Waals surface area contributed by atoms with Crippen LogP contribution >= 0.6 is 15.9 Å². The van der Waals surface area contributed by atoms with E-state index in [1.54, 1.807) is 6.08 Å². The van der Waals surface area contributed by atoms with E-state index < -0.39 is 5.54 Å². The first-order valence-corrected chi connectivity index (χ1v) is 9.54. The van der Waals surface area contributed by atoms with E-state index >= 15 is 0 Å². The number of aromatic amines is 1. The summed E-state index contributed by atoms with van der Waals surface area (Å²) in [5.74, 6) is 0.0537. The number of hydrogen-bond acceptors (Lipinski definition) is 2. The summed E-state index contributed by atoms with van der Waals surface area (Å²) in [7, 11) is 0. The molecule has 26 heavy (non-hydrogen) atoms. The van der Waals surface area contributed by atoms with Crippen molar-refractivity contribution < 1.29 is 4.79 Å². The molecule has 1 atom stereocenters. The molecule has 1 spiro atoms. The van der Waals surface area contributed by atoms with Gasteiger partial charge in [-0.2, -0.15) is 0 Å². The van der Waals surface area contributed by atoms with E-state index in [9.17, 15) is 4.79 Å². The van der Waals surface area contributed by atoms with E-state index in [1.807, 2.05) is 23.1 Å². The number of aromatic nitrogens is 1. The Morgan fingerprint density at radius 2 is 2.12 bits per heavy atom. The van der Waals surface area contributed by atoms with Crippen molar-refractivity contribution in [3.63, 3.8) is 0 Å². The van der Waals surface area contributed by atoms with Gasteiger partial charge in [0, 0.05) is 34.0 Å². The number of halogens is 1. The molecule has 2 N–H and O–H groups in total. The van der Waals surface area contributed by atoms with Crippen molar-refractivity contribution in [2.75, 3.05) is 18.0 Å². The van der Waals surface area contributed by atoms with Crippen molar-refractivity contribution >= 4 is 38.4 Å². The van der Waals surface area contributed by atoms with Gasteiger partial charge in [0.1, 0.15) is 0 Å². The summed E-state index contributed by atoms with van der Waals surface area (Å²) in [5, 5.41) is 4.76. The zero-order chi connectivity index (χ0) is 17.9. The fourth-order valence-electron chi connectivity index (χ4n) is 4.44. The Morgan fingerprint density at radius 3 is 2.96 bits per heavy atom. The Hall–Kier alpha value is -2.37. The highest BCUT2D eigenvalue weighted by atomic mass is 79.9.